The average Bonchev–Trinajstić information content (AvgIpc) is 3.17. The zero-order valence-corrected chi connectivity index (χ0v) is 17.7. The van der Waals surface area contributed by atoms with Crippen LogP contribution in [0, 0.1) is 13.8 Å². The van der Waals surface area contributed by atoms with E-state index in [0.717, 1.165) is 29.2 Å². The number of benzene rings is 3. The molecule has 0 aromatic heterocycles. The molecule has 156 valence electrons. The van der Waals surface area contributed by atoms with Gasteiger partial charge in [0.15, 0.2) is 0 Å². The Labute approximate surface area is 178 Å². The summed E-state index contributed by atoms with van der Waals surface area (Å²) in [6, 6.07) is 24.2. The van der Waals surface area contributed by atoms with Crippen LogP contribution < -0.4 is 14.2 Å². The molecule has 0 spiro atoms. The monoisotopic (exact) mass is 404 g/mol. The molecule has 3 atom stereocenters. The van der Waals surface area contributed by atoms with E-state index in [0.29, 0.717) is 6.61 Å². The maximum atomic E-state index is 6.38. The molecule has 0 aliphatic carbocycles. The number of aryl methyl sites for hydroxylation is 2. The Hall–Kier alpha value is -2.98. The van der Waals surface area contributed by atoms with Crippen LogP contribution in [0.2, 0.25) is 0 Å². The van der Waals surface area contributed by atoms with Crippen LogP contribution in [-0.4, -0.2) is 25.9 Å². The minimum absolute atomic E-state index is 0.0435. The predicted octanol–water partition coefficient (Wildman–Crippen LogP) is 5.67. The molecule has 0 radical (unpaired) electrons. The van der Waals surface area contributed by atoms with Crippen molar-refractivity contribution < 1.29 is 18.9 Å². The van der Waals surface area contributed by atoms with Crippen LogP contribution in [0.3, 0.4) is 0 Å². The van der Waals surface area contributed by atoms with E-state index >= 15 is 0 Å². The second-order valence-electron chi connectivity index (χ2n) is 7.77. The first kappa shape index (κ1) is 20.3. The van der Waals surface area contributed by atoms with Crippen LogP contribution >= 0.6 is 0 Å². The van der Waals surface area contributed by atoms with Crippen LogP contribution in [0.15, 0.2) is 72.8 Å². The molecule has 1 fully saturated rings. The van der Waals surface area contributed by atoms with Gasteiger partial charge in [0, 0.05) is 6.42 Å². The highest BCUT2D eigenvalue weighted by atomic mass is 16.6. The van der Waals surface area contributed by atoms with Crippen molar-refractivity contribution in [3.05, 3.63) is 89.5 Å². The van der Waals surface area contributed by atoms with Gasteiger partial charge in [0.25, 0.3) is 0 Å². The summed E-state index contributed by atoms with van der Waals surface area (Å²) in [5, 5.41) is 0. The second kappa shape index (κ2) is 9.23. The van der Waals surface area contributed by atoms with E-state index in [-0.39, 0.29) is 18.3 Å². The van der Waals surface area contributed by atoms with E-state index in [2.05, 4.69) is 38.1 Å². The molecule has 30 heavy (non-hydrogen) atoms. The molecule has 0 unspecified atom stereocenters. The normalized spacial score (nSPS) is 20.7. The van der Waals surface area contributed by atoms with Gasteiger partial charge in [0.2, 0.25) is 0 Å². The van der Waals surface area contributed by atoms with Gasteiger partial charge in [-0.15, -0.1) is 0 Å². The number of rotatable bonds is 7. The average molecular weight is 405 g/mol. The van der Waals surface area contributed by atoms with Gasteiger partial charge in [-0.2, -0.15) is 0 Å². The van der Waals surface area contributed by atoms with Gasteiger partial charge >= 0.3 is 0 Å². The third-order valence-corrected chi connectivity index (χ3v) is 5.43. The number of hydrogen-bond donors (Lipinski definition) is 0. The molecule has 0 saturated carbocycles. The predicted molar refractivity (Wildman–Crippen MR) is 117 cm³/mol. The number of hydrogen-bond acceptors (Lipinski definition) is 4. The Bertz CT molecular complexity index is 932. The Balaban J connectivity index is 1.48. The molecule has 1 aliphatic rings. The summed E-state index contributed by atoms with van der Waals surface area (Å²) in [6.45, 7) is 4.57. The summed E-state index contributed by atoms with van der Waals surface area (Å²) >= 11 is 0. The molecular weight excluding hydrogens is 376 g/mol. The molecule has 1 aliphatic heterocycles. The van der Waals surface area contributed by atoms with Gasteiger partial charge in [0.1, 0.15) is 36.1 Å². The third kappa shape index (κ3) is 4.95. The largest absolute Gasteiger partial charge is 0.497 e. The summed E-state index contributed by atoms with van der Waals surface area (Å²) < 4.78 is 24.0. The molecule has 0 N–H and O–H groups in total. The van der Waals surface area contributed by atoms with Gasteiger partial charge in [-0.25, -0.2) is 0 Å². The van der Waals surface area contributed by atoms with E-state index in [1.54, 1.807) is 7.11 Å². The summed E-state index contributed by atoms with van der Waals surface area (Å²) in [5.74, 6) is 2.53. The van der Waals surface area contributed by atoms with Crippen molar-refractivity contribution in [3.8, 4) is 17.2 Å². The van der Waals surface area contributed by atoms with Crippen molar-refractivity contribution in [2.75, 3.05) is 13.7 Å². The first-order valence-electron chi connectivity index (χ1n) is 10.3. The van der Waals surface area contributed by atoms with Crippen molar-refractivity contribution in [3.63, 3.8) is 0 Å². The van der Waals surface area contributed by atoms with Crippen molar-refractivity contribution in [2.24, 2.45) is 0 Å². The van der Waals surface area contributed by atoms with E-state index < -0.39 is 0 Å². The van der Waals surface area contributed by atoms with Crippen molar-refractivity contribution in [1.82, 2.24) is 0 Å². The summed E-state index contributed by atoms with van der Waals surface area (Å²) in [5.41, 5.74) is 3.53. The third-order valence-electron chi connectivity index (χ3n) is 5.43. The lowest BCUT2D eigenvalue weighted by Crippen LogP contribution is -2.32. The van der Waals surface area contributed by atoms with Crippen LogP contribution in [-0.2, 0) is 4.74 Å². The Morgan fingerprint density at radius 2 is 1.33 bits per heavy atom. The Kier molecular flexibility index (Phi) is 6.24. The summed E-state index contributed by atoms with van der Waals surface area (Å²) in [7, 11) is 1.67. The lowest BCUT2D eigenvalue weighted by atomic mass is 10.0. The van der Waals surface area contributed by atoms with Crippen LogP contribution in [0.4, 0.5) is 0 Å². The van der Waals surface area contributed by atoms with E-state index in [1.165, 1.54) is 11.1 Å². The maximum absolute atomic E-state index is 6.38. The highest BCUT2D eigenvalue weighted by Gasteiger charge is 2.38. The first-order chi connectivity index (χ1) is 14.6. The topological polar surface area (TPSA) is 36.9 Å². The number of methoxy groups -OCH3 is 1. The van der Waals surface area contributed by atoms with Gasteiger partial charge in [0.05, 0.1) is 13.2 Å². The fraction of sp³-hybridized carbons (Fsp3) is 0.308. The highest BCUT2D eigenvalue weighted by molar-refractivity contribution is 5.30. The standard InChI is InChI=1S/C26H28O4/c1-18-4-10-22(11-5-18)28-17-26-25(29-23-12-6-19(2)7-13-23)16-24(30-26)20-8-14-21(27-3)15-9-20/h4-15,24-26H,16-17H2,1-3H3/t24-,25+,26-/m1/s1. The smallest absolute Gasteiger partial charge is 0.131 e. The fourth-order valence-corrected chi connectivity index (χ4v) is 3.63. The summed E-state index contributed by atoms with van der Waals surface area (Å²) in [6.07, 6.45) is 0.463. The van der Waals surface area contributed by atoms with E-state index in [4.69, 9.17) is 18.9 Å². The molecule has 0 amide bonds. The van der Waals surface area contributed by atoms with Gasteiger partial charge < -0.3 is 18.9 Å². The molecule has 4 rings (SSSR count). The van der Waals surface area contributed by atoms with Crippen molar-refractivity contribution in [1.29, 1.82) is 0 Å². The van der Waals surface area contributed by atoms with Crippen LogP contribution in [0.25, 0.3) is 0 Å². The molecule has 1 saturated heterocycles. The van der Waals surface area contributed by atoms with Crippen LogP contribution in [0.1, 0.15) is 29.2 Å². The van der Waals surface area contributed by atoms with Crippen molar-refractivity contribution in [2.45, 2.75) is 38.6 Å². The van der Waals surface area contributed by atoms with Gasteiger partial charge in [-0.3, -0.25) is 0 Å². The molecule has 3 aromatic rings. The minimum atomic E-state index is -0.167. The second-order valence-corrected chi connectivity index (χ2v) is 7.77. The summed E-state index contributed by atoms with van der Waals surface area (Å²) in [4.78, 5) is 0. The molecular formula is C26H28O4. The zero-order chi connectivity index (χ0) is 20.9. The van der Waals surface area contributed by atoms with Gasteiger partial charge in [-0.1, -0.05) is 47.5 Å². The van der Waals surface area contributed by atoms with Crippen molar-refractivity contribution >= 4 is 0 Å². The molecule has 4 heteroatoms. The maximum Gasteiger partial charge on any atom is 0.131 e. The van der Waals surface area contributed by atoms with E-state index in [1.807, 2.05) is 48.5 Å². The minimum Gasteiger partial charge on any atom is -0.497 e. The first-order valence-corrected chi connectivity index (χ1v) is 10.3. The van der Waals surface area contributed by atoms with E-state index in [9.17, 15) is 0 Å². The quantitative estimate of drug-likeness (QED) is 0.508. The Morgan fingerprint density at radius 1 is 0.767 bits per heavy atom. The Morgan fingerprint density at radius 3 is 1.93 bits per heavy atom. The fourth-order valence-electron chi connectivity index (χ4n) is 3.63. The lowest BCUT2D eigenvalue weighted by molar-refractivity contribution is -0.0107. The van der Waals surface area contributed by atoms with Gasteiger partial charge in [-0.05, 0) is 55.8 Å². The molecule has 3 aromatic carbocycles. The number of ether oxygens (including phenoxy) is 4. The lowest BCUT2D eigenvalue weighted by Gasteiger charge is -2.20. The molecule has 4 nitrogen and oxygen atoms in total. The molecule has 0 bridgehead atoms. The SMILES string of the molecule is COc1ccc([C@H]2C[C@H](Oc3ccc(C)cc3)[C@@H](COc3ccc(C)cc3)O2)cc1. The van der Waals surface area contributed by atoms with Crippen LogP contribution in [0.5, 0.6) is 17.2 Å². The zero-order valence-electron chi connectivity index (χ0n) is 17.7. The highest BCUT2D eigenvalue weighted by Crippen LogP contribution is 2.36. The molecule has 1 heterocycles.